The van der Waals surface area contributed by atoms with E-state index in [0.29, 0.717) is 18.3 Å². The maximum Gasteiger partial charge on any atom is 0.339 e. The Morgan fingerprint density at radius 2 is 1.92 bits per heavy atom. The first-order chi connectivity index (χ1) is 17.9. The number of nitrogens with zero attached hydrogens (tertiary/aromatic N) is 2. The van der Waals surface area contributed by atoms with Gasteiger partial charge in [-0.2, -0.15) is 0 Å². The lowest BCUT2D eigenvalue weighted by Crippen LogP contribution is -2.32. The number of likely N-dealkylation sites (tertiary alicyclic amines) is 1. The lowest BCUT2D eigenvalue weighted by Gasteiger charge is -2.32. The SMILES string of the molecule is CCOc1ccc2c(c1)c(C1CCN(Cc3ccc(OC)c(C(=O)O)c3)CC1)cn2Cc1ccc(Cl)s1. The monoisotopic (exact) mass is 538 g/mol. The van der Waals surface area contributed by atoms with Crippen LogP contribution in [0.3, 0.4) is 0 Å². The van der Waals surface area contributed by atoms with Crippen LogP contribution in [0.2, 0.25) is 4.34 Å². The number of carbonyl (C=O) groups is 1. The largest absolute Gasteiger partial charge is 0.496 e. The van der Waals surface area contributed by atoms with Crippen LogP contribution in [0.4, 0.5) is 0 Å². The van der Waals surface area contributed by atoms with E-state index in [-0.39, 0.29) is 5.56 Å². The van der Waals surface area contributed by atoms with Crippen LogP contribution >= 0.6 is 22.9 Å². The van der Waals surface area contributed by atoms with E-state index in [0.717, 1.165) is 54.7 Å². The number of carboxylic acid groups (broad SMARTS) is 1. The molecule has 0 aliphatic carbocycles. The Labute approximate surface area is 226 Å². The first-order valence-corrected chi connectivity index (χ1v) is 13.8. The van der Waals surface area contributed by atoms with Gasteiger partial charge in [-0.1, -0.05) is 17.7 Å². The van der Waals surface area contributed by atoms with Gasteiger partial charge in [-0.25, -0.2) is 4.79 Å². The quantitative estimate of drug-likeness (QED) is 0.251. The molecule has 4 aromatic rings. The number of methoxy groups -OCH3 is 1. The van der Waals surface area contributed by atoms with E-state index in [2.05, 4.69) is 39.9 Å². The van der Waals surface area contributed by atoms with Crippen LogP contribution in [0.25, 0.3) is 10.9 Å². The van der Waals surface area contributed by atoms with Crippen LogP contribution in [-0.2, 0) is 13.1 Å². The number of aromatic carboxylic acids is 1. The zero-order valence-electron chi connectivity index (χ0n) is 21.1. The van der Waals surface area contributed by atoms with Gasteiger partial charge in [0.15, 0.2) is 0 Å². The summed E-state index contributed by atoms with van der Waals surface area (Å²) in [6.07, 6.45) is 4.41. The fraction of sp³-hybridized carbons (Fsp3) is 0.345. The third kappa shape index (κ3) is 5.64. The van der Waals surface area contributed by atoms with Crippen molar-refractivity contribution in [3.05, 3.63) is 80.6 Å². The van der Waals surface area contributed by atoms with Crippen LogP contribution in [0.1, 0.15) is 52.0 Å². The van der Waals surface area contributed by atoms with Crippen molar-refractivity contribution in [3.8, 4) is 11.5 Å². The van der Waals surface area contributed by atoms with Crippen LogP contribution in [0.15, 0.2) is 54.7 Å². The molecule has 0 spiro atoms. The van der Waals surface area contributed by atoms with Gasteiger partial charge in [0.25, 0.3) is 0 Å². The highest BCUT2D eigenvalue weighted by atomic mass is 35.5. The Morgan fingerprint density at radius 1 is 1.11 bits per heavy atom. The molecule has 1 N–H and O–H groups in total. The van der Waals surface area contributed by atoms with Gasteiger partial charge in [-0.3, -0.25) is 4.90 Å². The molecule has 1 fully saturated rings. The van der Waals surface area contributed by atoms with Crippen molar-refractivity contribution in [1.29, 1.82) is 0 Å². The van der Waals surface area contributed by atoms with Crippen LogP contribution in [0.5, 0.6) is 11.5 Å². The number of piperidine rings is 1. The maximum atomic E-state index is 11.6. The summed E-state index contributed by atoms with van der Waals surface area (Å²) in [5.41, 5.74) is 3.78. The van der Waals surface area contributed by atoms with Crippen molar-refractivity contribution < 1.29 is 19.4 Å². The average Bonchev–Trinajstić information content (AvgIpc) is 3.47. The second kappa shape index (κ2) is 11.2. The number of rotatable bonds is 9. The number of ether oxygens (including phenoxy) is 2. The first kappa shape index (κ1) is 25.6. The number of aromatic nitrogens is 1. The van der Waals surface area contributed by atoms with Gasteiger partial charge in [0.2, 0.25) is 0 Å². The molecule has 1 aliphatic heterocycles. The highest BCUT2D eigenvalue weighted by Crippen LogP contribution is 2.37. The zero-order valence-corrected chi connectivity index (χ0v) is 22.6. The molecular formula is C29H31ClN2O4S. The molecule has 2 aromatic heterocycles. The van der Waals surface area contributed by atoms with Crippen molar-refractivity contribution in [1.82, 2.24) is 9.47 Å². The minimum Gasteiger partial charge on any atom is -0.496 e. The number of carboxylic acids is 1. The minimum atomic E-state index is -0.968. The third-order valence-corrected chi connectivity index (χ3v) is 8.29. The van der Waals surface area contributed by atoms with E-state index < -0.39 is 5.97 Å². The average molecular weight is 539 g/mol. The molecular weight excluding hydrogens is 508 g/mol. The van der Waals surface area contributed by atoms with E-state index >= 15 is 0 Å². The summed E-state index contributed by atoms with van der Waals surface area (Å²) >= 11 is 7.81. The summed E-state index contributed by atoms with van der Waals surface area (Å²) in [7, 11) is 1.50. The van der Waals surface area contributed by atoms with Gasteiger partial charge in [0.1, 0.15) is 17.1 Å². The Kier molecular flexibility index (Phi) is 7.74. The molecule has 0 saturated carbocycles. The molecule has 37 heavy (non-hydrogen) atoms. The van der Waals surface area contributed by atoms with E-state index in [4.69, 9.17) is 21.1 Å². The number of halogens is 1. The standard InChI is InChI=1S/C29H31ClN2O4S/c1-3-36-21-5-7-26-23(15-21)25(18-32(26)17-22-6-9-28(30)37-22)20-10-12-31(13-11-20)16-19-4-8-27(35-2)24(14-19)29(33)34/h4-9,14-15,18,20H,3,10-13,16-17H2,1-2H3,(H,33,34). The molecule has 0 amide bonds. The molecule has 194 valence electrons. The van der Waals surface area contributed by atoms with Crippen LogP contribution < -0.4 is 9.47 Å². The smallest absolute Gasteiger partial charge is 0.339 e. The normalized spacial score (nSPS) is 14.8. The third-order valence-electron chi connectivity index (χ3n) is 7.08. The fourth-order valence-corrected chi connectivity index (χ4v) is 6.39. The van der Waals surface area contributed by atoms with Crippen LogP contribution in [-0.4, -0.2) is 47.3 Å². The Bertz CT molecular complexity index is 1400. The number of hydrogen-bond donors (Lipinski definition) is 1. The number of hydrogen-bond acceptors (Lipinski definition) is 5. The zero-order chi connectivity index (χ0) is 25.9. The van der Waals surface area contributed by atoms with E-state index in [1.165, 1.54) is 28.5 Å². The van der Waals surface area contributed by atoms with Crippen molar-refractivity contribution in [3.63, 3.8) is 0 Å². The highest BCUT2D eigenvalue weighted by molar-refractivity contribution is 7.16. The van der Waals surface area contributed by atoms with Gasteiger partial charge >= 0.3 is 5.97 Å². The summed E-state index contributed by atoms with van der Waals surface area (Å²) < 4.78 is 14.2. The van der Waals surface area contributed by atoms with E-state index in [9.17, 15) is 9.90 Å². The molecule has 5 rings (SSSR count). The molecule has 3 heterocycles. The van der Waals surface area contributed by atoms with Gasteiger partial charge in [0.05, 0.1) is 24.6 Å². The van der Waals surface area contributed by atoms with Gasteiger partial charge < -0.3 is 19.1 Å². The second-order valence-corrected chi connectivity index (χ2v) is 11.2. The summed E-state index contributed by atoms with van der Waals surface area (Å²) in [5.74, 6) is 0.779. The van der Waals surface area contributed by atoms with Crippen molar-refractivity contribution in [2.24, 2.45) is 0 Å². The fourth-order valence-electron chi connectivity index (χ4n) is 5.30. The Hall–Kier alpha value is -3.00. The molecule has 0 unspecified atom stereocenters. The molecule has 0 bridgehead atoms. The molecule has 0 radical (unpaired) electrons. The van der Waals surface area contributed by atoms with Crippen molar-refractivity contribution >= 4 is 39.8 Å². The Morgan fingerprint density at radius 3 is 2.59 bits per heavy atom. The van der Waals surface area contributed by atoms with Crippen molar-refractivity contribution in [2.45, 2.75) is 38.8 Å². The number of fused-ring (bicyclic) bond motifs is 1. The van der Waals surface area contributed by atoms with Crippen molar-refractivity contribution in [2.75, 3.05) is 26.8 Å². The topological polar surface area (TPSA) is 63.9 Å². The molecule has 2 aromatic carbocycles. The van der Waals surface area contributed by atoms with E-state index in [1.807, 2.05) is 19.1 Å². The Balaban J connectivity index is 1.34. The lowest BCUT2D eigenvalue weighted by molar-refractivity contribution is 0.0693. The van der Waals surface area contributed by atoms with Gasteiger partial charge in [-0.15, -0.1) is 11.3 Å². The first-order valence-electron chi connectivity index (χ1n) is 12.6. The summed E-state index contributed by atoms with van der Waals surface area (Å²) in [4.78, 5) is 15.2. The van der Waals surface area contributed by atoms with Crippen LogP contribution in [0, 0.1) is 0 Å². The molecule has 1 aliphatic rings. The summed E-state index contributed by atoms with van der Waals surface area (Å²) in [6, 6.07) is 15.9. The number of thiophene rings is 1. The predicted molar refractivity (Wildman–Crippen MR) is 149 cm³/mol. The summed E-state index contributed by atoms with van der Waals surface area (Å²) in [6.45, 7) is 6.09. The lowest BCUT2D eigenvalue weighted by atomic mass is 9.89. The minimum absolute atomic E-state index is 0.208. The molecule has 8 heteroatoms. The second-order valence-electron chi connectivity index (χ2n) is 9.42. The highest BCUT2D eigenvalue weighted by Gasteiger charge is 2.25. The summed E-state index contributed by atoms with van der Waals surface area (Å²) in [5, 5.41) is 10.8. The molecule has 6 nitrogen and oxygen atoms in total. The van der Waals surface area contributed by atoms with Gasteiger partial charge in [0, 0.05) is 28.5 Å². The molecule has 0 atom stereocenters. The van der Waals surface area contributed by atoms with E-state index in [1.54, 1.807) is 23.5 Å². The number of benzene rings is 2. The van der Waals surface area contributed by atoms with Gasteiger partial charge in [-0.05, 0) is 92.4 Å². The molecule has 1 saturated heterocycles. The maximum absolute atomic E-state index is 11.6. The predicted octanol–water partition coefficient (Wildman–Crippen LogP) is 6.89.